The first-order valence-electron chi connectivity index (χ1n) is 16.1. The minimum absolute atomic E-state index is 0.0284. The van der Waals surface area contributed by atoms with Crippen molar-refractivity contribution in [2.24, 2.45) is 17.8 Å². The summed E-state index contributed by atoms with van der Waals surface area (Å²) in [6.07, 6.45) is -6.77. The van der Waals surface area contributed by atoms with Crippen LogP contribution in [-0.2, 0) is 52.3 Å². The summed E-state index contributed by atoms with van der Waals surface area (Å²) in [6, 6.07) is 5.93. The lowest BCUT2D eigenvalue weighted by Gasteiger charge is -2.42. The molecule has 1 aliphatic carbocycles. The standard InChI is InChI=1S/C34H44O16/c1-17(2)11-27(40)50-32-28-23(12-25(47-19(4)37)34(28,43)16-46-18(3)36)21(14-44-32)15-45-33-31(30(42)29(41)24(13-35)48-33)49-26(39)10-7-20-5-8-22(38)9-6-20/h5-10,14,17,23-25,28-33,35,38,41-43H,11-13,15-16H2,1-4H3/t23-,24-,25+,28-,29-,30+,31-,32+,33-,34-/m1/s1. The number of rotatable bonds is 13. The molecule has 276 valence electrons. The zero-order chi connectivity index (χ0) is 36.7. The molecule has 4 rings (SSSR count). The summed E-state index contributed by atoms with van der Waals surface area (Å²) in [5, 5.41) is 52.6. The Labute approximate surface area is 288 Å². The zero-order valence-corrected chi connectivity index (χ0v) is 28.1. The maximum atomic E-state index is 12.8. The molecule has 2 fully saturated rings. The van der Waals surface area contributed by atoms with Crippen LogP contribution in [0.5, 0.6) is 5.75 Å². The molecule has 1 saturated carbocycles. The topological polar surface area (TPSA) is 234 Å². The fourth-order valence-electron chi connectivity index (χ4n) is 6.21. The van der Waals surface area contributed by atoms with Crippen LogP contribution in [-0.4, -0.2) is 118 Å². The van der Waals surface area contributed by atoms with E-state index in [1.165, 1.54) is 24.5 Å². The minimum atomic E-state index is -2.07. The smallest absolute Gasteiger partial charge is 0.331 e. The van der Waals surface area contributed by atoms with Crippen molar-refractivity contribution in [3.8, 4) is 5.75 Å². The summed E-state index contributed by atoms with van der Waals surface area (Å²) in [4.78, 5) is 49.3. The molecule has 16 nitrogen and oxygen atoms in total. The third kappa shape index (κ3) is 9.38. The number of aliphatic hydroxyl groups excluding tert-OH is 3. The van der Waals surface area contributed by atoms with Gasteiger partial charge in [0.2, 0.25) is 6.29 Å². The van der Waals surface area contributed by atoms with Crippen LogP contribution in [0.1, 0.15) is 46.1 Å². The lowest BCUT2D eigenvalue weighted by molar-refractivity contribution is -0.302. The number of carbonyl (C=O) groups excluding carboxylic acids is 4. The lowest BCUT2D eigenvalue weighted by Crippen LogP contribution is -2.60. The molecule has 0 aromatic heterocycles. The van der Waals surface area contributed by atoms with Crippen molar-refractivity contribution >= 4 is 30.0 Å². The molecule has 1 aromatic carbocycles. The molecule has 0 radical (unpaired) electrons. The van der Waals surface area contributed by atoms with E-state index in [0.717, 1.165) is 19.9 Å². The summed E-state index contributed by atoms with van der Waals surface area (Å²) < 4.78 is 39.1. The van der Waals surface area contributed by atoms with Crippen LogP contribution in [0.3, 0.4) is 0 Å². The molecular weight excluding hydrogens is 664 g/mol. The predicted molar refractivity (Wildman–Crippen MR) is 168 cm³/mol. The Kier molecular flexibility index (Phi) is 13.0. The number of ether oxygens (including phenoxy) is 7. The molecule has 0 amide bonds. The maximum Gasteiger partial charge on any atom is 0.331 e. The summed E-state index contributed by atoms with van der Waals surface area (Å²) in [7, 11) is 0. The first-order valence-corrected chi connectivity index (χ1v) is 16.1. The predicted octanol–water partition coefficient (Wildman–Crippen LogP) is 0.464. The van der Waals surface area contributed by atoms with E-state index < -0.39 is 97.6 Å². The molecule has 0 unspecified atom stereocenters. The van der Waals surface area contributed by atoms with E-state index >= 15 is 0 Å². The number of aliphatic hydroxyl groups is 4. The van der Waals surface area contributed by atoms with E-state index in [1.807, 2.05) is 13.8 Å². The number of carbonyl (C=O) groups is 4. The highest BCUT2D eigenvalue weighted by Crippen LogP contribution is 2.51. The number of benzene rings is 1. The third-order valence-electron chi connectivity index (χ3n) is 8.59. The first-order chi connectivity index (χ1) is 23.6. The maximum absolute atomic E-state index is 12.8. The Balaban J connectivity index is 1.58. The van der Waals surface area contributed by atoms with Gasteiger partial charge in [0.05, 0.1) is 25.4 Å². The minimum Gasteiger partial charge on any atom is -0.508 e. The number of fused-ring (bicyclic) bond motifs is 1. The number of phenols is 1. The molecule has 2 aliphatic heterocycles. The van der Waals surface area contributed by atoms with E-state index in [4.69, 9.17) is 33.2 Å². The monoisotopic (exact) mass is 708 g/mol. The molecule has 0 bridgehead atoms. The molecule has 1 saturated heterocycles. The van der Waals surface area contributed by atoms with E-state index in [-0.39, 0.29) is 31.1 Å². The lowest BCUT2D eigenvalue weighted by atomic mass is 9.80. The van der Waals surface area contributed by atoms with Crippen molar-refractivity contribution in [1.82, 2.24) is 0 Å². The van der Waals surface area contributed by atoms with Crippen molar-refractivity contribution in [1.29, 1.82) is 0 Å². The van der Waals surface area contributed by atoms with Gasteiger partial charge in [-0.3, -0.25) is 14.4 Å². The van der Waals surface area contributed by atoms with E-state index in [9.17, 15) is 44.7 Å². The molecule has 50 heavy (non-hydrogen) atoms. The summed E-state index contributed by atoms with van der Waals surface area (Å²) in [5.41, 5.74) is -1.18. The highest BCUT2D eigenvalue weighted by atomic mass is 16.7. The van der Waals surface area contributed by atoms with Gasteiger partial charge in [-0.05, 0) is 41.7 Å². The van der Waals surface area contributed by atoms with Gasteiger partial charge in [0, 0.05) is 32.3 Å². The largest absolute Gasteiger partial charge is 0.508 e. The summed E-state index contributed by atoms with van der Waals surface area (Å²) in [5.74, 6) is -4.92. The number of phenolic OH excluding ortho intramolecular Hbond substituents is 1. The van der Waals surface area contributed by atoms with Crippen molar-refractivity contribution in [3.63, 3.8) is 0 Å². The van der Waals surface area contributed by atoms with Crippen molar-refractivity contribution in [2.75, 3.05) is 19.8 Å². The van der Waals surface area contributed by atoms with Crippen molar-refractivity contribution in [2.45, 2.75) is 89.2 Å². The van der Waals surface area contributed by atoms with Crippen LogP contribution in [0, 0.1) is 17.8 Å². The molecule has 2 heterocycles. The summed E-state index contributed by atoms with van der Waals surface area (Å²) >= 11 is 0. The molecule has 1 aromatic rings. The van der Waals surface area contributed by atoms with Crippen molar-refractivity contribution < 1.29 is 77.9 Å². The quantitative estimate of drug-likeness (QED) is 0.106. The normalized spacial score (nSPS) is 32.1. The average Bonchev–Trinajstić information content (AvgIpc) is 3.33. The van der Waals surface area contributed by atoms with Gasteiger partial charge in [0.1, 0.15) is 42.4 Å². The van der Waals surface area contributed by atoms with E-state index in [1.54, 1.807) is 12.1 Å². The van der Waals surface area contributed by atoms with Gasteiger partial charge in [-0.1, -0.05) is 26.0 Å². The molecule has 3 aliphatic rings. The Bertz CT molecular complexity index is 1420. The number of aromatic hydroxyl groups is 1. The van der Waals surface area contributed by atoms with Crippen LogP contribution in [0.2, 0.25) is 0 Å². The Morgan fingerprint density at radius 3 is 2.32 bits per heavy atom. The number of esters is 4. The van der Waals surface area contributed by atoms with Crippen LogP contribution in [0.15, 0.2) is 42.2 Å². The fraction of sp³-hybridized carbons (Fsp3) is 0.588. The second-order valence-electron chi connectivity index (χ2n) is 12.9. The van der Waals surface area contributed by atoms with Gasteiger partial charge in [-0.25, -0.2) is 4.79 Å². The van der Waals surface area contributed by atoms with Gasteiger partial charge >= 0.3 is 23.9 Å². The highest BCUT2D eigenvalue weighted by molar-refractivity contribution is 5.87. The Morgan fingerprint density at radius 1 is 1.00 bits per heavy atom. The van der Waals surface area contributed by atoms with Crippen LogP contribution in [0.25, 0.3) is 6.08 Å². The number of hydrogen-bond donors (Lipinski definition) is 5. The van der Waals surface area contributed by atoms with E-state index in [2.05, 4.69) is 0 Å². The fourth-order valence-corrected chi connectivity index (χ4v) is 6.21. The van der Waals surface area contributed by atoms with Gasteiger partial charge in [-0.2, -0.15) is 0 Å². The molecule has 5 N–H and O–H groups in total. The third-order valence-corrected chi connectivity index (χ3v) is 8.59. The van der Waals surface area contributed by atoms with Gasteiger partial charge in [-0.15, -0.1) is 0 Å². The Hall–Kier alpha value is -4.06. The van der Waals surface area contributed by atoms with E-state index in [0.29, 0.717) is 11.1 Å². The Morgan fingerprint density at radius 2 is 1.70 bits per heavy atom. The van der Waals surface area contributed by atoms with Crippen LogP contribution in [0.4, 0.5) is 0 Å². The molecule has 0 spiro atoms. The second-order valence-corrected chi connectivity index (χ2v) is 12.9. The number of hydrogen-bond acceptors (Lipinski definition) is 16. The van der Waals surface area contributed by atoms with Crippen LogP contribution < -0.4 is 0 Å². The van der Waals surface area contributed by atoms with Crippen LogP contribution >= 0.6 is 0 Å². The SMILES string of the molecule is CC(=O)OC[C@]1(O)[C@H]2[C@H](OC(=O)CC(C)C)OC=C(CO[C@@H]3O[C@H](CO)[C@@H](O)[C@H](O)[C@H]3OC(=O)C=Cc3ccc(O)cc3)[C@H]2C[C@@H]1OC(C)=O. The highest BCUT2D eigenvalue weighted by Gasteiger charge is 2.63. The molecule has 16 heteroatoms. The first kappa shape index (κ1) is 38.7. The molecule has 10 atom stereocenters. The zero-order valence-electron chi connectivity index (χ0n) is 28.1. The van der Waals surface area contributed by atoms with Gasteiger partial charge < -0.3 is 58.7 Å². The van der Waals surface area contributed by atoms with Gasteiger partial charge in [0.15, 0.2) is 12.4 Å². The molecular formula is C34H44O16. The second kappa shape index (κ2) is 16.8. The average molecular weight is 709 g/mol. The van der Waals surface area contributed by atoms with Crippen molar-refractivity contribution in [3.05, 3.63) is 47.7 Å². The van der Waals surface area contributed by atoms with Gasteiger partial charge in [0.25, 0.3) is 0 Å². The summed E-state index contributed by atoms with van der Waals surface area (Å²) in [6.45, 7) is 4.19.